The fourth-order valence-electron chi connectivity index (χ4n) is 3.90. The second-order valence-corrected chi connectivity index (χ2v) is 10.3. The van der Waals surface area contributed by atoms with Crippen molar-refractivity contribution in [2.24, 2.45) is 5.92 Å². The number of amides is 1. The van der Waals surface area contributed by atoms with Crippen LogP contribution in [0.1, 0.15) is 44.1 Å². The Bertz CT molecular complexity index is 776. The number of aliphatic hydroxyl groups is 1. The van der Waals surface area contributed by atoms with Crippen molar-refractivity contribution in [3.05, 3.63) is 29.8 Å². The van der Waals surface area contributed by atoms with Crippen LogP contribution in [0.2, 0.25) is 0 Å². The van der Waals surface area contributed by atoms with E-state index in [1.807, 2.05) is 37.1 Å². The van der Waals surface area contributed by atoms with Crippen LogP contribution < -0.4 is 9.62 Å². The molecule has 1 aliphatic carbocycles. The summed E-state index contributed by atoms with van der Waals surface area (Å²) in [7, 11) is 0.452. The van der Waals surface area contributed by atoms with Gasteiger partial charge in [0.2, 0.25) is 15.9 Å². The number of nitrogens with one attached hydrogen (secondary N) is 1. The van der Waals surface area contributed by atoms with Crippen LogP contribution in [0, 0.1) is 5.92 Å². The highest BCUT2D eigenvalue weighted by molar-refractivity contribution is 7.88. The molecule has 1 aliphatic rings. The third-order valence-corrected chi connectivity index (χ3v) is 6.25. The number of likely N-dealkylation sites (N-methyl/N-ethyl adjacent to an activating group) is 2. The maximum atomic E-state index is 12.7. The minimum atomic E-state index is -3.23. The summed E-state index contributed by atoms with van der Waals surface area (Å²) in [6.07, 6.45) is 4.52. The maximum Gasteiger partial charge on any atom is 0.241 e. The van der Waals surface area contributed by atoms with Crippen molar-refractivity contribution in [1.82, 2.24) is 9.62 Å². The molecule has 164 valence electrons. The molecular formula is C21H35N3O4S. The Labute approximate surface area is 175 Å². The van der Waals surface area contributed by atoms with Gasteiger partial charge in [-0.25, -0.2) is 13.1 Å². The number of para-hydroxylation sites is 1. The first-order chi connectivity index (χ1) is 13.6. The summed E-state index contributed by atoms with van der Waals surface area (Å²) < 4.78 is 24.9. The molecule has 2 rings (SSSR count). The van der Waals surface area contributed by atoms with Crippen molar-refractivity contribution in [3.8, 4) is 0 Å². The van der Waals surface area contributed by atoms with Crippen molar-refractivity contribution in [3.63, 3.8) is 0 Å². The molecule has 1 atom stereocenters. The van der Waals surface area contributed by atoms with Crippen molar-refractivity contribution >= 4 is 21.6 Å². The average Bonchev–Trinajstić information content (AvgIpc) is 2.66. The second kappa shape index (κ2) is 10.4. The third-order valence-electron chi connectivity index (χ3n) is 5.56. The molecule has 8 heteroatoms. The van der Waals surface area contributed by atoms with Gasteiger partial charge in [-0.15, -0.1) is 0 Å². The van der Waals surface area contributed by atoms with Crippen molar-refractivity contribution in [2.45, 2.75) is 44.6 Å². The first-order valence-corrected chi connectivity index (χ1v) is 12.1. The van der Waals surface area contributed by atoms with Gasteiger partial charge < -0.3 is 14.9 Å². The minimum absolute atomic E-state index is 0.00687. The molecule has 1 aromatic carbocycles. The number of hydrogen-bond acceptors (Lipinski definition) is 5. The van der Waals surface area contributed by atoms with Gasteiger partial charge in [0.15, 0.2) is 0 Å². The van der Waals surface area contributed by atoms with Crippen LogP contribution in [-0.4, -0.2) is 70.4 Å². The zero-order chi connectivity index (χ0) is 21.6. The quantitative estimate of drug-likeness (QED) is 0.630. The number of hydrogen-bond donors (Lipinski definition) is 2. The van der Waals surface area contributed by atoms with Crippen LogP contribution in [0.3, 0.4) is 0 Å². The molecule has 1 unspecified atom stereocenters. The van der Waals surface area contributed by atoms with Crippen LogP contribution in [0.15, 0.2) is 24.3 Å². The van der Waals surface area contributed by atoms with Crippen LogP contribution >= 0.6 is 0 Å². The number of sulfonamides is 1. The van der Waals surface area contributed by atoms with E-state index >= 15 is 0 Å². The van der Waals surface area contributed by atoms with E-state index in [1.165, 1.54) is 5.56 Å². The Kier molecular flexibility index (Phi) is 8.48. The average molecular weight is 426 g/mol. The first-order valence-electron chi connectivity index (χ1n) is 10.2. The minimum Gasteiger partial charge on any atom is -0.393 e. The second-order valence-electron chi connectivity index (χ2n) is 8.42. The molecule has 1 fully saturated rings. The fourth-order valence-corrected chi connectivity index (χ4v) is 4.49. The van der Waals surface area contributed by atoms with E-state index in [-0.39, 0.29) is 24.5 Å². The van der Waals surface area contributed by atoms with E-state index in [9.17, 15) is 18.3 Å². The number of carbonyl (C=O) groups excluding carboxylic acids is 1. The number of anilines is 1. The summed E-state index contributed by atoms with van der Waals surface area (Å²) in [6, 6.07) is 8.19. The molecule has 1 saturated carbocycles. The number of rotatable bonds is 9. The predicted molar refractivity (Wildman–Crippen MR) is 117 cm³/mol. The summed E-state index contributed by atoms with van der Waals surface area (Å²) in [5, 5.41) is 9.79. The molecule has 0 saturated heterocycles. The molecule has 1 aromatic rings. The summed E-state index contributed by atoms with van der Waals surface area (Å²) in [6.45, 7) is 2.97. The SMILES string of the molecule is CC(CNS(C)(=O)=O)CN(C)C(=O)CN(C)c1ccccc1C1CCC(O)CC1. The Morgan fingerprint density at radius 3 is 2.45 bits per heavy atom. The lowest BCUT2D eigenvalue weighted by atomic mass is 9.82. The van der Waals surface area contributed by atoms with E-state index < -0.39 is 10.0 Å². The van der Waals surface area contributed by atoms with Gasteiger partial charge in [-0.05, 0) is 49.1 Å². The highest BCUT2D eigenvalue weighted by Crippen LogP contribution is 2.37. The molecule has 1 amide bonds. The largest absolute Gasteiger partial charge is 0.393 e. The molecule has 0 radical (unpaired) electrons. The molecule has 0 spiro atoms. The van der Waals surface area contributed by atoms with Crippen molar-refractivity contribution in [1.29, 1.82) is 0 Å². The van der Waals surface area contributed by atoms with Gasteiger partial charge in [0.1, 0.15) is 0 Å². The fraction of sp³-hybridized carbons (Fsp3) is 0.667. The van der Waals surface area contributed by atoms with Crippen molar-refractivity contribution in [2.75, 3.05) is 44.9 Å². The Balaban J connectivity index is 1.95. The number of carbonyl (C=O) groups is 1. The predicted octanol–water partition coefficient (Wildman–Crippen LogP) is 1.79. The summed E-state index contributed by atoms with van der Waals surface area (Å²) in [5.74, 6) is 0.421. The van der Waals surface area contributed by atoms with E-state index in [0.717, 1.165) is 37.6 Å². The summed E-state index contributed by atoms with van der Waals surface area (Å²) >= 11 is 0. The Hall–Kier alpha value is -1.64. The third kappa shape index (κ3) is 7.60. The molecule has 2 N–H and O–H groups in total. The summed E-state index contributed by atoms with van der Waals surface area (Å²) in [5.41, 5.74) is 2.30. The zero-order valence-corrected chi connectivity index (χ0v) is 18.8. The summed E-state index contributed by atoms with van der Waals surface area (Å²) in [4.78, 5) is 16.3. The van der Waals surface area contributed by atoms with Gasteiger partial charge >= 0.3 is 0 Å². The zero-order valence-electron chi connectivity index (χ0n) is 18.0. The first kappa shape index (κ1) is 23.6. The molecular weight excluding hydrogens is 390 g/mol. The van der Waals surface area contributed by atoms with Gasteiger partial charge in [0, 0.05) is 32.9 Å². The molecule has 0 aliphatic heterocycles. The van der Waals surface area contributed by atoms with Crippen molar-refractivity contribution < 1.29 is 18.3 Å². The number of nitrogens with zero attached hydrogens (tertiary/aromatic N) is 2. The van der Waals surface area contributed by atoms with E-state index in [4.69, 9.17) is 0 Å². The van der Waals surface area contributed by atoms with Gasteiger partial charge in [-0.1, -0.05) is 25.1 Å². The normalized spacial score (nSPS) is 20.9. The number of aliphatic hydroxyl groups excluding tert-OH is 1. The Morgan fingerprint density at radius 2 is 1.83 bits per heavy atom. The molecule has 0 heterocycles. The lowest BCUT2D eigenvalue weighted by molar-refractivity contribution is -0.128. The molecule has 0 bridgehead atoms. The van der Waals surface area contributed by atoms with E-state index in [1.54, 1.807) is 11.9 Å². The van der Waals surface area contributed by atoms with Gasteiger partial charge in [-0.2, -0.15) is 0 Å². The van der Waals surface area contributed by atoms with Crippen LogP contribution in [0.4, 0.5) is 5.69 Å². The highest BCUT2D eigenvalue weighted by atomic mass is 32.2. The highest BCUT2D eigenvalue weighted by Gasteiger charge is 2.24. The smallest absolute Gasteiger partial charge is 0.241 e. The Morgan fingerprint density at radius 1 is 1.21 bits per heavy atom. The van der Waals surface area contributed by atoms with Gasteiger partial charge in [0.05, 0.1) is 18.9 Å². The molecule has 0 aromatic heterocycles. The van der Waals surface area contributed by atoms with Crippen LogP contribution in [-0.2, 0) is 14.8 Å². The van der Waals surface area contributed by atoms with Crippen LogP contribution in [0.5, 0.6) is 0 Å². The maximum absolute atomic E-state index is 12.7. The van der Waals surface area contributed by atoms with Gasteiger partial charge in [-0.3, -0.25) is 4.79 Å². The van der Waals surface area contributed by atoms with Gasteiger partial charge in [0.25, 0.3) is 0 Å². The van der Waals surface area contributed by atoms with E-state index in [0.29, 0.717) is 19.0 Å². The lowest BCUT2D eigenvalue weighted by Crippen LogP contribution is -2.41. The van der Waals surface area contributed by atoms with Crippen LogP contribution in [0.25, 0.3) is 0 Å². The molecule has 7 nitrogen and oxygen atoms in total. The van der Waals surface area contributed by atoms with E-state index in [2.05, 4.69) is 10.8 Å². The lowest BCUT2D eigenvalue weighted by Gasteiger charge is -2.31. The molecule has 29 heavy (non-hydrogen) atoms. The topological polar surface area (TPSA) is 90.0 Å². The monoisotopic (exact) mass is 425 g/mol. The standard InChI is InChI=1S/C21H35N3O4S/c1-16(13-22-29(4,27)28)14-24(3)21(26)15-23(2)20-8-6-5-7-19(20)17-9-11-18(25)12-10-17/h5-8,16-18,22,25H,9-15H2,1-4H3. The number of benzene rings is 1.